The monoisotopic (exact) mass is 317 g/mol. The van der Waals surface area contributed by atoms with Crippen molar-refractivity contribution < 1.29 is 4.79 Å². The van der Waals surface area contributed by atoms with Crippen molar-refractivity contribution in [3.63, 3.8) is 0 Å². The second-order valence-corrected chi connectivity index (χ2v) is 6.43. The van der Waals surface area contributed by atoms with E-state index in [4.69, 9.17) is 0 Å². The standard InChI is InChI=1S/C19H29NO.C2H6/c1-3-4-8-17-9-11-18(12-10-17)19(21)16(2)15-20-13-6-5-7-14-20;1-2/h9-12,16H,3-8,13-15H2,1-2H3;1-2H3. The van der Waals surface area contributed by atoms with Gasteiger partial charge in [0.15, 0.2) is 5.78 Å². The van der Waals surface area contributed by atoms with Gasteiger partial charge in [-0.3, -0.25) is 4.79 Å². The summed E-state index contributed by atoms with van der Waals surface area (Å²) in [5.41, 5.74) is 2.22. The molecule has 0 aromatic heterocycles. The van der Waals surface area contributed by atoms with E-state index in [2.05, 4.69) is 30.9 Å². The van der Waals surface area contributed by atoms with Gasteiger partial charge < -0.3 is 4.90 Å². The zero-order valence-corrected chi connectivity index (χ0v) is 15.6. The van der Waals surface area contributed by atoms with Crippen LogP contribution in [0, 0.1) is 5.92 Å². The lowest BCUT2D eigenvalue weighted by Crippen LogP contribution is -2.35. The van der Waals surface area contributed by atoms with Crippen molar-refractivity contribution in [1.29, 1.82) is 0 Å². The lowest BCUT2D eigenvalue weighted by Gasteiger charge is -2.28. The molecule has 1 unspecified atom stereocenters. The number of likely N-dealkylation sites (tertiary alicyclic amines) is 1. The van der Waals surface area contributed by atoms with Crippen molar-refractivity contribution in [3.8, 4) is 0 Å². The lowest BCUT2D eigenvalue weighted by atomic mass is 9.96. The Morgan fingerprint density at radius 1 is 1.09 bits per heavy atom. The fourth-order valence-electron chi connectivity index (χ4n) is 3.11. The molecule has 0 saturated carbocycles. The smallest absolute Gasteiger partial charge is 0.166 e. The first-order valence-corrected chi connectivity index (χ1v) is 9.56. The molecule has 1 atom stereocenters. The van der Waals surface area contributed by atoms with Crippen LogP contribution in [0.3, 0.4) is 0 Å². The fraction of sp³-hybridized carbons (Fsp3) is 0.667. The summed E-state index contributed by atoms with van der Waals surface area (Å²) in [6.45, 7) is 11.5. The van der Waals surface area contributed by atoms with Crippen LogP contribution in [0.1, 0.15) is 75.7 Å². The maximum atomic E-state index is 12.5. The summed E-state index contributed by atoms with van der Waals surface area (Å²) >= 11 is 0. The first-order chi connectivity index (χ1) is 11.2. The molecule has 1 fully saturated rings. The highest BCUT2D eigenvalue weighted by Crippen LogP contribution is 2.16. The number of Topliss-reactive ketones (excluding diaryl/α,β-unsaturated/α-hetero) is 1. The predicted octanol–water partition coefficient (Wildman–Crippen LogP) is 5.36. The lowest BCUT2D eigenvalue weighted by molar-refractivity contribution is 0.0883. The number of carbonyl (C=O) groups excluding carboxylic acids is 1. The van der Waals surface area contributed by atoms with E-state index in [1.807, 2.05) is 26.0 Å². The van der Waals surface area contributed by atoms with Gasteiger partial charge in [0.05, 0.1) is 0 Å². The number of hydrogen-bond acceptors (Lipinski definition) is 2. The van der Waals surface area contributed by atoms with E-state index in [1.54, 1.807) is 0 Å². The molecular formula is C21H35NO. The Hall–Kier alpha value is -1.15. The highest BCUT2D eigenvalue weighted by Gasteiger charge is 2.19. The molecular weight excluding hydrogens is 282 g/mol. The van der Waals surface area contributed by atoms with Crippen molar-refractivity contribution in [2.45, 2.75) is 66.2 Å². The molecule has 0 N–H and O–H groups in total. The normalized spacial score (nSPS) is 16.3. The topological polar surface area (TPSA) is 20.3 Å². The van der Waals surface area contributed by atoms with E-state index in [9.17, 15) is 4.79 Å². The van der Waals surface area contributed by atoms with Crippen molar-refractivity contribution in [2.75, 3.05) is 19.6 Å². The van der Waals surface area contributed by atoms with E-state index in [0.717, 1.165) is 31.6 Å². The molecule has 1 aliphatic rings. The molecule has 0 amide bonds. The Bertz CT molecular complexity index is 432. The average Bonchev–Trinajstić information content (AvgIpc) is 2.62. The number of rotatable bonds is 7. The first-order valence-electron chi connectivity index (χ1n) is 9.56. The van der Waals surface area contributed by atoms with E-state index in [0.29, 0.717) is 5.78 Å². The van der Waals surface area contributed by atoms with Crippen LogP contribution in [0.25, 0.3) is 0 Å². The number of hydrogen-bond donors (Lipinski definition) is 0. The molecule has 0 radical (unpaired) electrons. The molecule has 23 heavy (non-hydrogen) atoms. The van der Waals surface area contributed by atoms with Gasteiger partial charge in [-0.25, -0.2) is 0 Å². The van der Waals surface area contributed by atoms with Crippen LogP contribution in [0.15, 0.2) is 24.3 Å². The molecule has 1 aromatic carbocycles. The number of aryl methyl sites for hydroxylation is 1. The Morgan fingerprint density at radius 3 is 2.26 bits per heavy atom. The summed E-state index contributed by atoms with van der Waals surface area (Å²) in [6, 6.07) is 8.27. The minimum atomic E-state index is 0.101. The number of unbranched alkanes of at least 4 members (excludes halogenated alkanes) is 1. The van der Waals surface area contributed by atoms with Crippen molar-refractivity contribution in [3.05, 3.63) is 35.4 Å². The van der Waals surface area contributed by atoms with Crippen LogP contribution in [0.5, 0.6) is 0 Å². The first kappa shape index (κ1) is 19.9. The van der Waals surface area contributed by atoms with Gasteiger partial charge in [0.25, 0.3) is 0 Å². The zero-order valence-electron chi connectivity index (χ0n) is 15.6. The molecule has 1 aromatic rings. The summed E-state index contributed by atoms with van der Waals surface area (Å²) in [5.74, 6) is 0.396. The van der Waals surface area contributed by atoms with Gasteiger partial charge in [-0.1, -0.05) is 64.8 Å². The molecule has 2 heteroatoms. The summed E-state index contributed by atoms with van der Waals surface area (Å²) in [5, 5.41) is 0. The van der Waals surface area contributed by atoms with E-state index >= 15 is 0 Å². The quantitative estimate of drug-likeness (QED) is 0.631. The minimum absolute atomic E-state index is 0.101. The fourth-order valence-corrected chi connectivity index (χ4v) is 3.11. The van der Waals surface area contributed by atoms with Gasteiger partial charge in [0, 0.05) is 18.0 Å². The third-order valence-electron chi connectivity index (χ3n) is 4.49. The maximum absolute atomic E-state index is 12.5. The summed E-state index contributed by atoms with van der Waals surface area (Å²) in [7, 11) is 0. The molecule has 1 aliphatic heterocycles. The molecule has 130 valence electrons. The Kier molecular flexibility index (Phi) is 9.86. The molecule has 0 aliphatic carbocycles. The molecule has 2 rings (SSSR count). The molecule has 1 heterocycles. The molecule has 1 saturated heterocycles. The third-order valence-corrected chi connectivity index (χ3v) is 4.49. The molecule has 0 bridgehead atoms. The van der Waals surface area contributed by atoms with Gasteiger partial charge >= 0.3 is 0 Å². The van der Waals surface area contributed by atoms with Crippen molar-refractivity contribution >= 4 is 5.78 Å². The predicted molar refractivity (Wildman–Crippen MR) is 100 cm³/mol. The summed E-state index contributed by atoms with van der Waals surface area (Å²) < 4.78 is 0. The summed E-state index contributed by atoms with van der Waals surface area (Å²) in [4.78, 5) is 15.0. The van der Waals surface area contributed by atoms with Crippen LogP contribution in [-0.4, -0.2) is 30.3 Å². The Balaban J connectivity index is 0.00000127. The van der Waals surface area contributed by atoms with E-state index < -0.39 is 0 Å². The van der Waals surface area contributed by atoms with Crippen LogP contribution >= 0.6 is 0 Å². The van der Waals surface area contributed by atoms with Crippen LogP contribution < -0.4 is 0 Å². The van der Waals surface area contributed by atoms with Crippen molar-refractivity contribution in [2.24, 2.45) is 5.92 Å². The van der Waals surface area contributed by atoms with Gasteiger partial charge in [-0.05, 0) is 44.3 Å². The van der Waals surface area contributed by atoms with Crippen LogP contribution in [-0.2, 0) is 6.42 Å². The Morgan fingerprint density at radius 2 is 1.70 bits per heavy atom. The van der Waals surface area contributed by atoms with Gasteiger partial charge in [-0.2, -0.15) is 0 Å². The van der Waals surface area contributed by atoms with Crippen molar-refractivity contribution in [1.82, 2.24) is 4.90 Å². The second kappa shape index (κ2) is 11.4. The zero-order chi connectivity index (χ0) is 17.1. The van der Waals surface area contributed by atoms with Gasteiger partial charge in [0.1, 0.15) is 0 Å². The Labute approximate surface area is 143 Å². The number of ketones is 1. The molecule has 2 nitrogen and oxygen atoms in total. The number of nitrogens with zero attached hydrogens (tertiary/aromatic N) is 1. The summed E-state index contributed by atoms with van der Waals surface area (Å²) in [6.07, 6.45) is 7.47. The van der Waals surface area contributed by atoms with E-state index in [1.165, 1.54) is 37.7 Å². The third kappa shape index (κ3) is 6.87. The minimum Gasteiger partial charge on any atom is -0.303 e. The van der Waals surface area contributed by atoms with Crippen LogP contribution in [0.2, 0.25) is 0 Å². The highest BCUT2D eigenvalue weighted by molar-refractivity contribution is 5.97. The average molecular weight is 318 g/mol. The number of piperidine rings is 1. The molecule has 0 spiro atoms. The number of carbonyl (C=O) groups is 1. The van der Waals surface area contributed by atoms with E-state index in [-0.39, 0.29) is 5.92 Å². The second-order valence-electron chi connectivity index (χ2n) is 6.43. The largest absolute Gasteiger partial charge is 0.303 e. The van der Waals surface area contributed by atoms with Gasteiger partial charge in [0.2, 0.25) is 0 Å². The maximum Gasteiger partial charge on any atom is 0.166 e. The van der Waals surface area contributed by atoms with Gasteiger partial charge in [-0.15, -0.1) is 0 Å². The SMILES string of the molecule is CC.CCCCc1ccc(C(=O)C(C)CN2CCCCC2)cc1. The number of benzene rings is 1. The van der Waals surface area contributed by atoms with Crippen LogP contribution in [0.4, 0.5) is 0 Å². The highest BCUT2D eigenvalue weighted by atomic mass is 16.1.